The lowest BCUT2D eigenvalue weighted by Gasteiger charge is -2.58. The molecule has 1 amide bonds. The first-order chi connectivity index (χ1) is 20.6. The van der Waals surface area contributed by atoms with Crippen LogP contribution in [0.4, 0.5) is 4.79 Å². The number of hydrogen-bond acceptors (Lipinski definition) is 7. The first-order valence-electron chi connectivity index (χ1n) is 17.4. The lowest BCUT2D eigenvalue weighted by Crippen LogP contribution is -2.51. The molecular weight excluding hydrogens is 554 g/mol. The molecule has 4 aliphatic carbocycles. The average Bonchev–Trinajstić information content (AvgIpc) is 3.55. The van der Waals surface area contributed by atoms with Gasteiger partial charge in [-0.15, -0.1) is 0 Å². The molecule has 0 radical (unpaired) electrons. The first-order valence-corrected chi connectivity index (χ1v) is 17.4. The molecule has 0 spiro atoms. The number of nitrogens with zero attached hydrogens (tertiary/aromatic N) is 2. The Kier molecular flexibility index (Phi) is 9.44. The van der Waals surface area contributed by atoms with E-state index in [1.54, 1.807) is 4.90 Å². The van der Waals surface area contributed by atoms with Gasteiger partial charge in [0.15, 0.2) is 5.78 Å². The molecule has 5 rings (SSSR count). The second-order valence-electron chi connectivity index (χ2n) is 16.3. The molecule has 8 nitrogen and oxygen atoms in total. The number of ketones is 1. The summed E-state index contributed by atoms with van der Waals surface area (Å²) in [6.45, 7) is 17.3. The Hall–Kier alpha value is -2.22. The highest BCUT2D eigenvalue weighted by atomic mass is 16.7. The number of oxime groups is 1. The van der Waals surface area contributed by atoms with Crippen LogP contribution in [-0.2, 0) is 19.2 Å². The van der Waals surface area contributed by atoms with Gasteiger partial charge in [-0.2, -0.15) is 0 Å². The quantitative estimate of drug-likeness (QED) is 0.141. The fourth-order valence-electron chi connectivity index (χ4n) is 10.0. The van der Waals surface area contributed by atoms with Crippen LogP contribution in [0.15, 0.2) is 16.8 Å². The lowest BCUT2D eigenvalue weighted by molar-refractivity contribution is -0.149. The van der Waals surface area contributed by atoms with Crippen molar-refractivity contribution in [3.63, 3.8) is 0 Å². The highest BCUT2D eigenvalue weighted by Crippen LogP contribution is 2.66. The van der Waals surface area contributed by atoms with Crippen LogP contribution in [0.2, 0.25) is 0 Å². The second kappa shape index (κ2) is 12.5. The van der Waals surface area contributed by atoms with Gasteiger partial charge in [0.2, 0.25) is 0 Å². The van der Waals surface area contributed by atoms with Crippen molar-refractivity contribution in [2.45, 2.75) is 150 Å². The normalized spacial score (nSPS) is 37.2. The van der Waals surface area contributed by atoms with E-state index in [1.165, 1.54) is 24.8 Å². The summed E-state index contributed by atoms with van der Waals surface area (Å²) in [5.74, 6) is 2.43. The molecule has 0 bridgehead atoms. The monoisotopic (exact) mass is 611 g/mol. The first kappa shape index (κ1) is 33.2. The van der Waals surface area contributed by atoms with Crippen molar-refractivity contribution in [1.29, 1.82) is 0 Å². The topological polar surface area (TPSA) is 97.3 Å². The van der Waals surface area contributed by atoms with Crippen LogP contribution in [0.1, 0.15) is 126 Å². The van der Waals surface area contributed by atoms with Crippen LogP contribution in [0.3, 0.4) is 0 Å². The van der Waals surface area contributed by atoms with E-state index in [1.807, 2.05) is 47.6 Å². The summed E-state index contributed by atoms with van der Waals surface area (Å²) >= 11 is 0. The summed E-state index contributed by atoms with van der Waals surface area (Å²) in [7, 11) is 0. The van der Waals surface area contributed by atoms with Crippen LogP contribution < -0.4 is 5.32 Å². The number of amides is 1. The smallest absolute Gasteiger partial charge is 0.436 e. The minimum absolute atomic E-state index is 0.128. The molecule has 1 aliphatic heterocycles. The minimum atomic E-state index is -0.425. The number of ether oxygens (including phenoxy) is 1. The summed E-state index contributed by atoms with van der Waals surface area (Å²) in [5, 5.41) is 7.91. The van der Waals surface area contributed by atoms with Gasteiger partial charge in [0, 0.05) is 30.5 Å². The number of rotatable bonds is 7. The molecular formula is C36H57N3O5. The number of esters is 1. The van der Waals surface area contributed by atoms with Crippen molar-refractivity contribution in [1.82, 2.24) is 10.2 Å². The minimum Gasteiger partial charge on any atom is -0.462 e. The van der Waals surface area contributed by atoms with E-state index in [-0.39, 0.29) is 35.0 Å². The van der Waals surface area contributed by atoms with E-state index in [0.717, 1.165) is 50.7 Å². The summed E-state index contributed by atoms with van der Waals surface area (Å²) < 4.78 is 5.38. The Labute approximate surface area is 265 Å². The van der Waals surface area contributed by atoms with Crippen LogP contribution in [0.25, 0.3) is 0 Å². The number of carbonyl (C=O) groups is 3. The van der Waals surface area contributed by atoms with Crippen LogP contribution in [-0.4, -0.2) is 58.7 Å². The standard InChI is InChI=1S/C36H57N3O5/c1-22(2)43-32(41)31-14-10-25(37-31)17-20-39(34(4,5)6)33(42)44-38-23(3)28-12-13-29-27-11-9-24-21-26(40)15-18-35(24,7)30(27)16-19-36(28,29)8/h21-22,25,27-31,37H,9-20H2,1-8H3/b38-23+/t25?,27-,28+,29-,30-,31?,35-,36+/m0/s1. The van der Waals surface area contributed by atoms with Gasteiger partial charge in [0.25, 0.3) is 0 Å². The van der Waals surface area contributed by atoms with E-state index < -0.39 is 11.6 Å². The molecule has 1 saturated heterocycles. The lowest BCUT2D eigenvalue weighted by atomic mass is 9.46. The van der Waals surface area contributed by atoms with Crippen molar-refractivity contribution in [2.24, 2.45) is 39.7 Å². The maximum Gasteiger partial charge on any atom is 0.436 e. The van der Waals surface area contributed by atoms with Crippen molar-refractivity contribution in [3.8, 4) is 0 Å². The summed E-state index contributed by atoms with van der Waals surface area (Å²) in [6, 6.07) is -0.131. The highest BCUT2D eigenvalue weighted by Gasteiger charge is 2.59. The summed E-state index contributed by atoms with van der Waals surface area (Å²) in [4.78, 5) is 45.4. The van der Waals surface area contributed by atoms with Gasteiger partial charge in [0.05, 0.1) is 11.8 Å². The zero-order valence-electron chi connectivity index (χ0n) is 28.5. The Morgan fingerprint density at radius 2 is 1.80 bits per heavy atom. The third kappa shape index (κ3) is 6.39. The molecule has 8 atom stereocenters. The second-order valence-corrected chi connectivity index (χ2v) is 16.3. The van der Waals surface area contributed by atoms with E-state index in [4.69, 9.17) is 9.57 Å². The van der Waals surface area contributed by atoms with Gasteiger partial charge in [-0.3, -0.25) is 14.4 Å². The van der Waals surface area contributed by atoms with Gasteiger partial charge in [-0.1, -0.05) is 24.6 Å². The Balaban J connectivity index is 1.20. The predicted molar refractivity (Wildman–Crippen MR) is 172 cm³/mol. The van der Waals surface area contributed by atoms with Gasteiger partial charge in [-0.05, 0) is 140 Å². The molecule has 3 saturated carbocycles. The van der Waals surface area contributed by atoms with Gasteiger partial charge in [0.1, 0.15) is 6.04 Å². The Morgan fingerprint density at radius 3 is 2.50 bits per heavy atom. The molecule has 0 aromatic carbocycles. The number of fused-ring (bicyclic) bond motifs is 5. The maximum absolute atomic E-state index is 13.4. The SMILES string of the molecule is C/C(=N\OC(=O)N(CCC1CCC(C(=O)OC(C)C)N1)C(C)(C)C)[C@H]1CC[C@H]2[C@@H]3CCC4=CC(=O)CC[C@]4(C)[C@H]3CC[C@]12C. The largest absolute Gasteiger partial charge is 0.462 e. The Bertz CT molecular complexity index is 1190. The molecule has 0 aromatic heterocycles. The molecule has 44 heavy (non-hydrogen) atoms. The fraction of sp³-hybridized carbons (Fsp3) is 0.833. The number of allylic oxidation sites excluding steroid dienone is 1. The zero-order chi connectivity index (χ0) is 32.0. The van der Waals surface area contributed by atoms with Crippen molar-refractivity contribution in [2.75, 3.05) is 6.54 Å². The van der Waals surface area contributed by atoms with Crippen molar-refractivity contribution >= 4 is 23.6 Å². The molecule has 0 aromatic rings. The van der Waals surface area contributed by atoms with Gasteiger partial charge >= 0.3 is 12.1 Å². The fourth-order valence-corrected chi connectivity index (χ4v) is 10.0. The van der Waals surface area contributed by atoms with Crippen LogP contribution in [0, 0.1) is 34.5 Å². The van der Waals surface area contributed by atoms with Crippen LogP contribution in [0.5, 0.6) is 0 Å². The van der Waals surface area contributed by atoms with Gasteiger partial charge < -0.3 is 15.0 Å². The van der Waals surface area contributed by atoms with Gasteiger partial charge in [-0.25, -0.2) is 4.79 Å². The molecule has 246 valence electrons. The third-order valence-corrected chi connectivity index (χ3v) is 12.3. The Morgan fingerprint density at radius 1 is 1.05 bits per heavy atom. The van der Waals surface area contributed by atoms with Crippen LogP contribution >= 0.6 is 0 Å². The number of hydrogen-bond donors (Lipinski definition) is 1. The third-order valence-electron chi connectivity index (χ3n) is 12.3. The van der Waals surface area contributed by atoms with E-state index >= 15 is 0 Å². The predicted octanol–water partition coefficient (Wildman–Crippen LogP) is 7.21. The van der Waals surface area contributed by atoms with Crippen molar-refractivity contribution in [3.05, 3.63) is 11.6 Å². The summed E-state index contributed by atoms with van der Waals surface area (Å²) in [6.07, 6.45) is 12.4. The van der Waals surface area contributed by atoms with E-state index in [2.05, 4.69) is 24.3 Å². The van der Waals surface area contributed by atoms with E-state index in [9.17, 15) is 14.4 Å². The molecule has 1 N–H and O–H groups in total. The molecule has 5 aliphatic rings. The molecule has 2 unspecified atom stereocenters. The number of nitrogens with one attached hydrogen (secondary N) is 1. The van der Waals surface area contributed by atoms with Crippen molar-refractivity contribution < 1.29 is 24.0 Å². The zero-order valence-corrected chi connectivity index (χ0v) is 28.5. The average molecular weight is 612 g/mol. The maximum atomic E-state index is 13.4. The number of carbonyl (C=O) groups excluding carboxylic acids is 3. The molecule has 1 heterocycles. The molecule has 4 fully saturated rings. The summed E-state index contributed by atoms with van der Waals surface area (Å²) in [5.41, 5.74) is 2.27. The van der Waals surface area contributed by atoms with E-state index in [0.29, 0.717) is 42.4 Å². The highest BCUT2D eigenvalue weighted by molar-refractivity contribution is 5.91. The molecule has 8 heteroatoms.